The highest BCUT2D eigenvalue weighted by Crippen LogP contribution is 2.14. The molecule has 0 fully saturated rings. The molecule has 1 rings (SSSR count). The zero-order valence-corrected chi connectivity index (χ0v) is 9.02. The number of aromatic nitrogens is 1. The summed E-state index contributed by atoms with van der Waals surface area (Å²) in [4.78, 5) is 3.67. The summed E-state index contributed by atoms with van der Waals surface area (Å²) in [6.07, 6.45) is 1.13. The average molecular weight is 287 g/mol. The van der Waals surface area contributed by atoms with E-state index in [4.69, 9.17) is 0 Å². The zero-order chi connectivity index (χ0) is 10.8. The summed E-state index contributed by atoms with van der Waals surface area (Å²) in [6, 6.07) is 2.75. The largest absolute Gasteiger partial charge is 0.355 e. The van der Waals surface area contributed by atoms with Crippen LogP contribution < -0.4 is 4.72 Å². The Bertz CT molecular complexity index is 406. The van der Waals surface area contributed by atoms with E-state index in [1.807, 2.05) is 0 Å². The van der Waals surface area contributed by atoms with Crippen molar-refractivity contribution < 1.29 is 17.2 Å². The summed E-state index contributed by atoms with van der Waals surface area (Å²) < 4.78 is 47.3. The molecule has 0 amide bonds. The van der Waals surface area contributed by atoms with E-state index in [2.05, 4.69) is 20.9 Å². The fourth-order valence-corrected chi connectivity index (χ4v) is 1.42. The standard InChI is InChI=1S/C6H5BrF2N2O2S/c7-5-2-1-4(3-10-5)11-14(12,13)6(8)9/h1-3,6,11H. The van der Waals surface area contributed by atoms with Gasteiger partial charge < -0.3 is 0 Å². The molecule has 0 unspecified atom stereocenters. The van der Waals surface area contributed by atoms with E-state index in [1.165, 1.54) is 12.1 Å². The molecule has 14 heavy (non-hydrogen) atoms. The average Bonchev–Trinajstić information content (AvgIpc) is 2.08. The first-order valence-electron chi connectivity index (χ1n) is 3.33. The van der Waals surface area contributed by atoms with Crippen LogP contribution in [0.25, 0.3) is 0 Å². The fraction of sp³-hybridized carbons (Fsp3) is 0.167. The predicted octanol–water partition coefficient (Wildman–Crippen LogP) is 1.81. The van der Waals surface area contributed by atoms with Crippen LogP contribution in [0.5, 0.6) is 0 Å². The number of sulfonamides is 1. The molecule has 8 heteroatoms. The van der Waals surface area contributed by atoms with E-state index in [1.54, 1.807) is 4.72 Å². The molecule has 0 radical (unpaired) electrons. The lowest BCUT2D eigenvalue weighted by Crippen LogP contribution is -2.20. The zero-order valence-electron chi connectivity index (χ0n) is 6.62. The molecule has 0 saturated heterocycles. The number of halogens is 3. The third-order valence-electron chi connectivity index (χ3n) is 1.22. The third-order valence-corrected chi connectivity index (χ3v) is 2.68. The molecule has 1 N–H and O–H groups in total. The van der Waals surface area contributed by atoms with E-state index >= 15 is 0 Å². The van der Waals surface area contributed by atoms with Crippen LogP contribution in [0.2, 0.25) is 0 Å². The first kappa shape index (κ1) is 11.3. The van der Waals surface area contributed by atoms with E-state index < -0.39 is 15.8 Å². The van der Waals surface area contributed by atoms with Gasteiger partial charge in [0.2, 0.25) is 0 Å². The topological polar surface area (TPSA) is 59.1 Å². The number of nitrogens with one attached hydrogen (secondary N) is 1. The second-order valence-corrected chi connectivity index (χ2v) is 4.74. The van der Waals surface area contributed by atoms with Gasteiger partial charge in [0.15, 0.2) is 0 Å². The summed E-state index contributed by atoms with van der Waals surface area (Å²) in [5.41, 5.74) is -0.00602. The number of hydrogen-bond donors (Lipinski definition) is 1. The van der Waals surface area contributed by atoms with Crippen molar-refractivity contribution in [3.8, 4) is 0 Å². The maximum absolute atomic E-state index is 11.9. The highest BCUT2D eigenvalue weighted by atomic mass is 79.9. The van der Waals surface area contributed by atoms with Gasteiger partial charge in [0, 0.05) is 0 Å². The van der Waals surface area contributed by atoms with Crippen LogP contribution in [0.4, 0.5) is 14.5 Å². The van der Waals surface area contributed by atoms with Crippen molar-refractivity contribution in [3.63, 3.8) is 0 Å². The van der Waals surface area contributed by atoms with Crippen molar-refractivity contribution >= 4 is 31.6 Å². The summed E-state index contributed by atoms with van der Waals surface area (Å²) in [7, 11) is -4.60. The molecule has 0 aliphatic rings. The Morgan fingerprint density at radius 1 is 1.43 bits per heavy atom. The molecular formula is C6H5BrF2N2O2S. The lowest BCUT2D eigenvalue weighted by Gasteiger charge is -2.05. The highest BCUT2D eigenvalue weighted by Gasteiger charge is 2.23. The van der Waals surface area contributed by atoms with Gasteiger partial charge >= 0.3 is 5.76 Å². The van der Waals surface area contributed by atoms with Gasteiger partial charge in [0.1, 0.15) is 4.60 Å². The molecule has 1 aromatic rings. The van der Waals surface area contributed by atoms with Crippen LogP contribution in [-0.2, 0) is 10.0 Å². The smallest absolute Gasteiger partial charge is 0.277 e. The van der Waals surface area contributed by atoms with Gasteiger partial charge in [-0.1, -0.05) is 0 Å². The molecule has 0 saturated carbocycles. The Labute approximate surface area is 87.5 Å². The van der Waals surface area contributed by atoms with Crippen LogP contribution in [0.3, 0.4) is 0 Å². The Morgan fingerprint density at radius 2 is 2.07 bits per heavy atom. The van der Waals surface area contributed by atoms with Crippen molar-refractivity contribution in [1.29, 1.82) is 0 Å². The van der Waals surface area contributed by atoms with Gasteiger partial charge in [-0.25, -0.2) is 13.4 Å². The van der Waals surface area contributed by atoms with Crippen molar-refractivity contribution in [2.24, 2.45) is 0 Å². The van der Waals surface area contributed by atoms with Crippen molar-refractivity contribution in [1.82, 2.24) is 4.98 Å². The number of pyridine rings is 1. The maximum atomic E-state index is 11.9. The molecule has 0 spiro atoms. The number of nitrogens with zero attached hydrogens (tertiary/aromatic N) is 1. The van der Waals surface area contributed by atoms with E-state index in [0.29, 0.717) is 4.60 Å². The van der Waals surface area contributed by atoms with Crippen molar-refractivity contribution in [2.75, 3.05) is 4.72 Å². The van der Waals surface area contributed by atoms with E-state index in [9.17, 15) is 17.2 Å². The minimum absolute atomic E-state index is 0.00602. The lowest BCUT2D eigenvalue weighted by molar-refractivity contribution is 0.236. The highest BCUT2D eigenvalue weighted by molar-refractivity contribution is 9.10. The van der Waals surface area contributed by atoms with Gasteiger partial charge in [0.25, 0.3) is 10.0 Å². The van der Waals surface area contributed by atoms with E-state index in [-0.39, 0.29) is 5.69 Å². The van der Waals surface area contributed by atoms with Gasteiger partial charge in [-0.3, -0.25) is 4.72 Å². The van der Waals surface area contributed by atoms with Crippen LogP contribution >= 0.6 is 15.9 Å². The van der Waals surface area contributed by atoms with Crippen molar-refractivity contribution in [2.45, 2.75) is 5.76 Å². The third kappa shape index (κ3) is 2.88. The fourth-order valence-electron chi connectivity index (χ4n) is 0.645. The normalized spacial score (nSPS) is 11.7. The molecule has 0 aliphatic carbocycles. The molecular weight excluding hydrogens is 282 g/mol. The lowest BCUT2D eigenvalue weighted by atomic mass is 10.4. The van der Waals surface area contributed by atoms with E-state index in [0.717, 1.165) is 6.20 Å². The van der Waals surface area contributed by atoms with Crippen LogP contribution in [0, 0.1) is 0 Å². The quantitative estimate of drug-likeness (QED) is 0.862. The molecule has 0 atom stereocenters. The second kappa shape index (κ2) is 4.18. The Morgan fingerprint density at radius 3 is 2.50 bits per heavy atom. The molecule has 0 aliphatic heterocycles. The second-order valence-electron chi connectivity index (χ2n) is 2.28. The summed E-state index contributed by atoms with van der Waals surface area (Å²) in [6.45, 7) is 0. The molecule has 0 aromatic carbocycles. The summed E-state index contributed by atoms with van der Waals surface area (Å²) >= 11 is 3.02. The van der Waals surface area contributed by atoms with Gasteiger partial charge in [-0.15, -0.1) is 0 Å². The van der Waals surface area contributed by atoms with Crippen molar-refractivity contribution in [3.05, 3.63) is 22.9 Å². The SMILES string of the molecule is O=S(=O)(Nc1ccc(Br)nc1)C(F)F. The molecule has 1 heterocycles. The molecule has 1 aromatic heterocycles. The predicted molar refractivity (Wildman–Crippen MR) is 50.5 cm³/mol. The van der Waals surface area contributed by atoms with Gasteiger partial charge in [-0.2, -0.15) is 8.78 Å². The Hall–Kier alpha value is -0.760. The number of alkyl halides is 2. The Kier molecular flexibility index (Phi) is 3.38. The van der Waals surface area contributed by atoms with Crippen LogP contribution in [0.1, 0.15) is 0 Å². The summed E-state index contributed by atoms with van der Waals surface area (Å²) in [5.74, 6) is -3.45. The first-order valence-corrected chi connectivity index (χ1v) is 5.67. The summed E-state index contributed by atoms with van der Waals surface area (Å²) in [5, 5.41) is 0. The molecule has 78 valence electrons. The number of hydrogen-bond acceptors (Lipinski definition) is 3. The monoisotopic (exact) mass is 286 g/mol. The number of rotatable bonds is 3. The first-order chi connectivity index (χ1) is 6.42. The van der Waals surface area contributed by atoms with Gasteiger partial charge in [-0.05, 0) is 28.1 Å². The minimum atomic E-state index is -4.60. The Balaban J connectivity index is 2.85. The maximum Gasteiger partial charge on any atom is 0.355 e. The number of anilines is 1. The van der Waals surface area contributed by atoms with Crippen LogP contribution in [0.15, 0.2) is 22.9 Å². The van der Waals surface area contributed by atoms with Gasteiger partial charge in [0.05, 0.1) is 11.9 Å². The molecule has 4 nitrogen and oxygen atoms in total. The molecule has 0 bridgehead atoms. The van der Waals surface area contributed by atoms with Crippen LogP contribution in [-0.4, -0.2) is 19.2 Å². The minimum Gasteiger partial charge on any atom is -0.277 e.